The van der Waals surface area contributed by atoms with Crippen molar-refractivity contribution in [3.63, 3.8) is 0 Å². The van der Waals surface area contributed by atoms with Gasteiger partial charge in [-0.25, -0.2) is 4.98 Å². The number of nitrogens with zero attached hydrogens (tertiary/aromatic N) is 3. The minimum atomic E-state index is 0.164. The van der Waals surface area contributed by atoms with Crippen LogP contribution in [0.2, 0.25) is 0 Å². The summed E-state index contributed by atoms with van der Waals surface area (Å²) in [5.74, 6) is 1.76. The lowest BCUT2D eigenvalue weighted by molar-refractivity contribution is -0.132. The van der Waals surface area contributed by atoms with Gasteiger partial charge in [0.1, 0.15) is 5.82 Å². The fraction of sp³-hybridized carbons (Fsp3) is 0.467. The van der Waals surface area contributed by atoms with E-state index in [1.165, 1.54) is 10.4 Å². The number of hydrogen-bond acceptors (Lipinski definition) is 3. The molecule has 0 aromatic carbocycles. The summed E-state index contributed by atoms with van der Waals surface area (Å²) in [5.41, 5.74) is 1.32. The monoisotopic (exact) mass is 289 g/mol. The van der Waals surface area contributed by atoms with Crippen LogP contribution in [0.25, 0.3) is 0 Å². The van der Waals surface area contributed by atoms with Gasteiger partial charge in [0.25, 0.3) is 0 Å². The van der Waals surface area contributed by atoms with Gasteiger partial charge >= 0.3 is 0 Å². The van der Waals surface area contributed by atoms with Gasteiger partial charge in [-0.2, -0.15) is 0 Å². The fourth-order valence-electron chi connectivity index (χ4n) is 2.64. The van der Waals surface area contributed by atoms with Gasteiger partial charge < -0.3 is 9.47 Å². The number of aryl methyl sites for hydroxylation is 2. The van der Waals surface area contributed by atoms with E-state index in [1.807, 2.05) is 24.9 Å². The minimum Gasteiger partial charge on any atom is -0.338 e. The van der Waals surface area contributed by atoms with Gasteiger partial charge in [-0.1, -0.05) is 0 Å². The molecular weight excluding hydrogens is 270 g/mol. The number of carbonyl (C=O) groups is 1. The summed E-state index contributed by atoms with van der Waals surface area (Å²) in [6, 6.07) is 2.14. The van der Waals surface area contributed by atoms with E-state index in [1.54, 1.807) is 22.4 Å². The first-order chi connectivity index (χ1) is 9.58. The highest BCUT2D eigenvalue weighted by atomic mass is 32.1. The van der Waals surface area contributed by atoms with Gasteiger partial charge in [0, 0.05) is 43.2 Å². The number of hydrogen-bond donors (Lipinski definition) is 0. The van der Waals surface area contributed by atoms with Crippen molar-refractivity contribution in [1.82, 2.24) is 14.5 Å². The van der Waals surface area contributed by atoms with Gasteiger partial charge in [-0.15, -0.1) is 11.3 Å². The summed E-state index contributed by atoms with van der Waals surface area (Å²) >= 11 is 1.77. The van der Waals surface area contributed by atoms with Gasteiger partial charge in [0.15, 0.2) is 0 Å². The van der Waals surface area contributed by atoms with Crippen LogP contribution in [0.1, 0.15) is 28.6 Å². The van der Waals surface area contributed by atoms with Crippen molar-refractivity contribution < 1.29 is 4.79 Å². The smallest absolute Gasteiger partial charge is 0.226 e. The molecule has 2 heterocycles. The average molecular weight is 289 g/mol. The van der Waals surface area contributed by atoms with Crippen LogP contribution >= 0.6 is 11.3 Å². The second-order valence-electron chi connectivity index (χ2n) is 5.57. The van der Waals surface area contributed by atoms with Crippen molar-refractivity contribution in [2.75, 3.05) is 7.05 Å². The van der Waals surface area contributed by atoms with Crippen LogP contribution in [0.5, 0.6) is 0 Å². The van der Waals surface area contributed by atoms with Crippen LogP contribution in [0.4, 0.5) is 0 Å². The van der Waals surface area contributed by atoms with Crippen molar-refractivity contribution in [3.05, 3.63) is 40.1 Å². The van der Waals surface area contributed by atoms with E-state index < -0.39 is 0 Å². The highest BCUT2D eigenvalue weighted by Gasteiger charge is 2.46. The van der Waals surface area contributed by atoms with Gasteiger partial charge in [0.2, 0.25) is 5.91 Å². The molecular formula is C15H19N3OS. The Bertz CT molecular complexity index is 627. The topological polar surface area (TPSA) is 38.1 Å². The molecule has 1 fully saturated rings. The lowest BCUT2D eigenvalue weighted by Gasteiger charge is -2.17. The molecule has 1 aliphatic rings. The lowest BCUT2D eigenvalue weighted by atomic mass is 10.2. The maximum atomic E-state index is 12.5. The van der Waals surface area contributed by atoms with Crippen molar-refractivity contribution >= 4 is 17.2 Å². The molecule has 0 unspecified atom stereocenters. The molecule has 0 radical (unpaired) electrons. The summed E-state index contributed by atoms with van der Waals surface area (Å²) in [5, 5.41) is 2.11. The molecule has 4 nitrogen and oxygen atoms in total. The van der Waals surface area contributed by atoms with Crippen LogP contribution in [0.15, 0.2) is 23.8 Å². The Hall–Kier alpha value is -1.62. The molecule has 0 aliphatic heterocycles. The Labute approximate surface area is 123 Å². The highest BCUT2D eigenvalue weighted by molar-refractivity contribution is 7.10. The Kier molecular flexibility index (Phi) is 3.38. The second-order valence-corrected chi connectivity index (χ2v) is 6.51. The molecule has 0 bridgehead atoms. The zero-order chi connectivity index (χ0) is 14.3. The maximum Gasteiger partial charge on any atom is 0.226 e. The van der Waals surface area contributed by atoms with Crippen molar-refractivity contribution in [2.24, 2.45) is 13.0 Å². The standard InChI is InChI=1S/C15H19N3OS/c1-10-4-7-20-14(10)11-8-12(11)15(19)18(3)9-13-16-5-6-17(13)2/h4-7,11-12H,8-9H2,1-3H3/t11-,12+/m0/s1. The summed E-state index contributed by atoms with van der Waals surface area (Å²) in [6.07, 6.45) is 4.66. The average Bonchev–Trinajstić information content (AvgIpc) is 2.94. The normalized spacial score (nSPS) is 20.9. The Morgan fingerprint density at radius 2 is 2.40 bits per heavy atom. The number of aromatic nitrogens is 2. The summed E-state index contributed by atoms with van der Waals surface area (Å²) < 4.78 is 1.96. The van der Waals surface area contributed by atoms with Crippen molar-refractivity contribution in [1.29, 1.82) is 0 Å². The Morgan fingerprint density at radius 3 is 3.00 bits per heavy atom. The van der Waals surface area contributed by atoms with E-state index in [0.717, 1.165) is 12.2 Å². The number of amides is 1. The summed E-state index contributed by atoms with van der Waals surface area (Å²) in [6.45, 7) is 2.71. The third kappa shape index (κ3) is 2.38. The number of rotatable bonds is 4. The lowest BCUT2D eigenvalue weighted by Crippen LogP contribution is -2.29. The number of imidazole rings is 1. The Balaban J connectivity index is 1.63. The molecule has 2 aromatic heterocycles. The van der Waals surface area contributed by atoms with Crippen molar-refractivity contribution in [2.45, 2.75) is 25.8 Å². The zero-order valence-electron chi connectivity index (χ0n) is 12.0. The molecule has 0 N–H and O–H groups in total. The van der Waals surface area contributed by atoms with Crippen LogP contribution in [-0.2, 0) is 18.4 Å². The quantitative estimate of drug-likeness (QED) is 0.867. The third-order valence-corrected chi connectivity index (χ3v) is 5.17. The van der Waals surface area contributed by atoms with Crippen LogP contribution in [0, 0.1) is 12.8 Å². The first-order valence-corrected chi connectivity index (χ1v) is 7.71. The van der Waals surface area contributed by atoms with E-state index in [2.05, 4.69) is 23.4 Å². The largest absolute Gasteiger partial charge is 0.338 e. The molecule has 1 aliphatic carbocycles. The molecule has 20 heavy (non-hydrogen) atoms. The highest BCUT2D eigenvalue weighted by Crippen LogP contribution is 2.51. The fourth-order valence-corrected chi connectivity index (χ4v) is 3.75. The number of thiophene rings is 1. The van der Waals surface area contributed by atoms with Crippen molar-refractivity contribution in [3.8, 4) is 0 Å². The van der Waals surface area contributed by atoms with Gasteiger partial charge in [-0.05, 0) is 30.4 Å². The van der Waals surface area contributed by atoms with Gasteiger partial charge in [0.05, 0.1) is 6.54 Å². The SMILES string of the molecule is Cc1ccsc1[C@H]1C[C@H]1C(=O)N(C)Cc1nccn1C. The molecule has 3 rings (SSSR count). The molecule has 1 saturated carbocycles. The molecule has 2 atom stereocenters. The first-order valence-electron chi connectivity index (χ1n) is 6.83. The molecule has 0 spiro atoms. The number of carbonyl (C=O) groups excluding carboxylic acids is 1. The van der Waals surface area contributed by atoms with Crippen LogP contribution < -0.4 is 0 Å². The van der Waals surface area contributed by atoms with E-state index >= 15 is 0 Å². The molecule has 106 valence electrons. The van der Waals surface area contributed by atoms with Gasteiger partial charge in [-0.3, -0.25) is 4.79 Å². The molecule has 1 amide bonds. The minimum absolute atomic E-state index is 0.164. The molecule has 2 aromatic rings. The van der Waals surface area contributed by atoms with E-state index in [-0.39, 0.29) is 11.8 Å². The molecule has 0 saturated heterocycles. The third-order valence-electron chi connectivity index (χ3n) is 4.02. The van der Waals surface area contributed by atoms with E-state index in [0.29, 0.717) is 12.5 Å². The maximum absolute atomic E-state index is 12.5. The second kappa shape index (κ2) is 5.05. The Morgan fingerprint density at radius 1 is 1.60 bits per heavy atom. The molecule has 5 heteroatoms. The zero-order valence-corrected chi connectivity index (χ0v) is 12.9. The first kappa shape index (κ1) is 13.4. The summed E-state index contributed by atoms with van der Waals surface area (Å²) in [7, 11) is 3.82. The summed E-state index contributed by atoms with van der Waals surface area (Å²) in [4.78, 5) is 19.9. The van der Waals surface area contributed by atoms with Crippen LogP contribution in [0.3, 0.4) is 0 Å². The van der Waals surface area contributed by atoms with E-state index in [9.17, 15) is 4.79 Å². The predicted molar refractivity (Wildman–Crippen MR) is 79.6 cm³/mol. The predicted octanol–water partition coefficient (Wildman–Crippen LogP) is 2.55. The van der Waals surface area contributed by atoms with Crippen LogP contribution in [-0.4, -0.2) is 27.4 Å². The van der Waals surface area contributed by atoms with E-state index in [4.69, 9.17) is 0 Å².